The molecule has 3 nitrogen and oxygen atoms in total. The molecule has 39 heavy (non-hydrogen) atoms. The average molecular weight is 573 g/mol. The third kappa shape index (κ3) is 6.84. The first-order valence-corrected chi connectivity index (χ1v) is 21.4. The fraction of sp³-hybridized carbons (Fsp3) is 0.794. The van der Waals surface area contributed by atoms with Gasteiger partial charge in [0.05, 0.1) is 12.2 Å². The Hall–Kier alpha value is -0.756. The predicted octanol–water partition coefficient (Wildman–Crippen LogP) is 10.0. The minimum absolute atomic E-state index is 0.0139. The zero-order valence-electron chi connectivity index (χ0n) is 27.5. The average Bonchev–Trinajstić information content (AvgIpc) is 3.15. The van der Waals surface area contributed by atoms with E-state index in [1.807, 2.05) is 0 Å². The minimum Gasteiger partial charge on any atom is -0.413 e. The molecule has 222 valence electrons. The third-order valence-electron chi connectivity index (χ3n) is 11.6. The normalized spacial score (nSPS) is 33.9. The molecule has 0 aromatic heterocycles. The molecule has 6 atom stereocenters. The van der Waals surface area contributed by atoms with E-state index in [4.69, 9.17) is 8.85 Å². The fourth-order valence-electron chi connectivity index (χ4n) is 7.00. The highest BCUT2D eigenvalue weighted by Crippen LogP contribution is 2.59. The highest BCUT2D eigenvalue weighted by atomic mass is 28.4. The lowest BCUT2D eigenvalue weighted by Crippen LogP contribution is -2.49. The smallest absolute Gasteiger partial charge is 0.192 e. The predicted molar refractivity (Wildman–Crippen MR) is 172 cm³/mol. The van der Waals surface area contributed by atoms with Crippen LogP contribution in [0.15, 0.2) is 35.5 Å². The van der Waals surface area contributed by atoms with Gasteiger partial charge in [-0.3, -0.25) is 0 Å². The Morgan fingerprint density at radius 2 is 1.56 bits per heavy atom. The van der Waals surface area contributed by atoms with Crippen molar-refractivity contribution in [1.29, 1.82) is 0 Å². The zero-order valence-corrected chi connectivity index (χ0v) is 29.5. The lowest BCUT2D eigenvalue weighted by molar-refractivity contribution is -0.113. The van der Waals surface area contributed by atoms with Gasteiger partial charge in [0, 0.05) is 12.3 Å². The van der Waals surface area contributed by atoms with Gasteiger partial charge in [-0.25, -0.2) is 0 Å². The largest absolute Gasteiger partial charge is 0.413 e. The summed E-state index contributed by atoms with van der Waals surface area (Å²) < 4.78 is 14.0. The fourth-order valence-corrected chi connectivity index (χ4v) is 9.67. The molecule has 0 spiro atoms. The summed E-state index contributed by atoms with van der Waals surface area (Å²) in [6.45, 7) is 32.6. The van der Waals surface area contributed by atoms with Crippen LogP contribution in [0.25, 0.3) is 0 Å². The Bertz CT molecular complexity index is 977. The van der Waals surface area contributed by atoms with Gasteiger partial charge in [-0.15, -0.1) is 0 Å². The summed E-state index contributed by atoms with van der Waals surface area (Å²) in [6.07, 6.45) is 14.0. The second kappa shape index (κ2) is 11.5. The topological polar surface area (TPSA) is 35.5 Å². The highest BCUT2D eigenvalue weighted by Gasteiger charge is 2.51. The van der Waals surface area contributed by atoms with Crippen LogP contribution >= 0.6 is 0 Å². The number of allylic oxidation sites excluding steroid dienone is 3. The van der Waals surface area contributed by atoms with E-state index >= 15 is 0 Å². The highest BCUT2D eigenvalue weighted by molar-refractivity contribution is 6.74. The third-order valence-corrected chi connectivity index (χ3v) is 20.6. The summed E-state index contributed by atoms with van der Waals surface area (Å²) >= 11 is 0. The van der Waals surface area contributed by atoms with Gasteiger partial charge in [0.15, 0.2) is 16.6 Å². The van der Waals surface area contributed by atoms with Crippen LogP contribution in [0.2, 0.25) is 36.3 Å². The lowest BCUT2D eigenvalue weighted by atomic mass is 9.61. The monoisotopic (exact) mass is 572 g/mol. The van der Waals surface area contributed by atoms with E-state index in [0.29, 0.717) is 11.8 Å². The second-order valence-electron chi connectivity index (χ2n) is 16.4. The Kier molecular flexibility index (Phi) is 9.65. The summed E-state index contributed by atoms with van der Waals surface area (Å²) in [7, 11) is -3.89. The molecule has 0 bridgehead atoms. The molecule has 3 rings (SSSR count). The van der Waals surface area contributed by atoms with Crippen LogP contribution in [0.4, 0.5) is 0 Å². The summed E-state index contributed by atoms with van der Waals surface area (Å²) in [4.78, 5) is 11.7. The number of aldehydes is 1. The molecular formula is C34H60O3Si2. The molecule has 0 radical (unpaired) electrons. The van der Waals surface area contributed by atoms with Crippen molar-refractivity contribution in [2.24, 2.45) is 23.2 Å². The molecule has 0 saturated heterocycles. The van der Waals surface area contributed by atoms with Crippen LogP contribution in [0, 0.1) is 23.2 Å². The summed E-state index contributed by atoms with van der Waals surface area (Å²) in [5.41, 5.74) is 4.29. The standard InChI is InChI=1S/C34H60O3Si2/c1-24(23-35)29-18-19-30-26(15-14-20-34(29,30)9)16-17-27-21-28(36-38(10,11)32(3,4)5)22-31(25(27)2)37-39(12,13)33(6,7)8/h16-17,23-24,28-31H,2,14-15,18-22H2,1,3-13H3/b26-16+,27-17?/t24-,28-,29-,30+,31+,34-/m1/s1. The van der Waals surface area contributed by atoms with E-state index in [1.54, 1.807) is 5.57 Å². The SMILES string of the molecule is C=C1C(=C/C=C2\CCC[C@]3(C)[C@@H]([C@H](C)C=O)CC[C@@H]23)C[C@@H](O[Si](C)(C)C(C)(C)C)C[C@@H]1O[Si](C)(C)C(C)(C)C. The molecule has 5 heteroatoms. The van der Waals surface area contributed by atoms with Crippen LogP contribution in [0.3, 0.4) is 0 Å². The maximum absolute atomic E-state index is 11.7. The van der Waals surface area contributed by atoms with E-state index in [2.05, 4.69) is 100 Å². The van der Waals surface area contributed by atoms with Crippen molar-refractivity contribution in [3.63, 3.8) is 0 Å². The zero-order chi connectivity index (χ0) is 29.6. The molecule has 3 fully saturated rings. The number of hydrogen-bond acceptors (Lipinski definition) is 3. The molecule has 3 aliphatic carbocycles. The lowest BCUT2D eigenvalue weighted by Gasteiger charge is -2.45. The van der Waals surface area contributed by atoms with Crippen LogP contribution in [0.5, 0.6) is 0 Å². The number of fused-ring (bicyclic) bond motifs is 1. The van der Waals surface area contributed by atoms with Crippen LogP contribution < -0.4 is 0 Å². The molecule has 3 aliphatic rings. The van der Waals surface area contributed by atoms with E-state index < -0.39 is 16.6 Å². The number of carbonyl (C=O) groups excluding carboxylic acids is 1. The molecule has 3 saturated carbocycles. The van der Waals surface area contributed by atoms with Crippen molar-refractivity contribution in [2.75, 3.05) is 0 Å². The van der Waals surface area contributed by atoms with Crippen LogP contribution in [-0.4, -0.2) is 35.1 Å². The molecule has 0 aliphatic heterocycles. The van der Waals surface area contributed by atoms with Gasteiger partial charge in [-0.2, -0.15) is 0 Å². The van der Waals surface area contributed by atoms with Crippen molar-refractivity contribution in [3.05, 3.63) is 35.5 Å². The Morgan fingerprint density at radius 1 is 0.974 bits per heavy atom. The van der Waals surface area contributed by atoms with Gasteiger partial charge >= 0.3 is 0 Å². The maximum Gasteiger partial charge on any atom is 0.192 e. The van der Waals surface area contributed by atoms with E-state index in [9.17, 15) is 4.79 Å². The maximum atomic E-state index is 11.7. The summed E-state index contributed by atoms with van der Waals surface area (Å²) in [5.74, 6) is 1.24. The quantitative estimate of drug-likeness (QED) is 0.225. The van der Waals surface area contributed by atoms with Crippen LogP contribution in [-0.2, 0) is 13.6 Å². The van der Waals surface area contributed by atoms with E-state index in [-0.39, 0.29) is 33.6 Å². The molecule has 0 N–H and O–H groups in total. The molecule has 0 amide bonds. The van der Waals surface area contributed by atoms with Crippen molar-refractivity contribution >= 4 is 22.9 Å². The van der Waals surface area contributed by atoms with Gasteiger partial charge in [-0.1, -0.05) is 79.7 Å². The van der Waals surface area contributed by atoms with Gasteiger partial charge in [0.25, 0.3) is 0 Å². The number of rotatable bonds is 7. The number of carbonyl (C=O) groups is 1. The Morgan fingerprint density at radius 3 is 2.13 bits per heavy atom. The second-order valence-corrected chi connectivity index (χ2v) is 25.9. The Balaban J connectivity index is 1.93. The summed E-state index contributed by atoms with van der Waals surface area (Å²) in [5, 5.41) is 0.323. The van der Waals surface area contributed by atoms with Crippen molar-refractivity contribution in [3.8, 4) is 0 Å². The van der Waals surface area contributed by atoms with Crippen molar-refractivity contribution < 1.29 is 13.6 Å². The molecule has 0 aromatic rings. The summed E-state index contributed by atoms with van der Waals surface area (Å²) in [6, 6.07) is 0. The molecule has 0 unspecified atom stereocenters. The van der Waals surface area contributed by atoms with Crippen molar-refractivity contribution in [2.45, 2.75) is 149 Å². The minimum atomic E-state index is -1.97. The number of hydrogen-bond donors (Lipinski definition) is 0. The van der Waals surface area contributed by atoms with Gasteiger partial charge in [-0.05, 0) is 103 Å². The van der Waals surface area contributed by atoms with Gasteiger partial charge in [0.2, 0.25) is 0 Å². The first-order valence-electron chi connectivity index (χ1n) is 15.6. The molecular weight excluding hydrogens is 513 g/mol. The van der Waals surface area contributed by atoms with E-state index in [0.717, 1.165) is 18.4 Å². The first-order chi connectivity index (χ1) is 17.7. The van der Waals surface area contributed by atoms with Crippen LogP contribution in [0.1, 0.15) is 100 Å². The molecule has 0 heterocycles. The Labute approximate surface area is 243 Å². The van der Waals surface area contributed by atoms with Gasteiger partial charge < -0.3 is 13.6 Å². The van der Waals surface area contributed by atoms with E-state index in [1.165, 1.54) is 44.0 Å². The first kappa shape index (κ1) is 32.8. The van der Waals surface area contributed by atoms with Crippen molar-refractivity contribution in [1.82, 2.24) is 0 Å². The molecule has 0 aromatic carbocycles. The van der Waals surface area contributed by atoms with Gasteiger partial charge in [0.1, 0.15) is 6.29 Å².